The fraction of sp³-hybridized carbons (Fsp3) is 0.263. The summed E-state index contributed by atoms with van der Waals surface area (Å²) in [6.45, 7) is 2.38. The molecule has 2 N–H and O–H groups in total. The summed E-state index contributed by atoms with van der Waals surface area (Å²) in [7, 11) is 0. The lowest BCUT2D eigenvalue weighted by Gasteiger charge is -2.12. The van der Waals surface area contributed by atoms with Crippen molar-refractivity contribution in [2.45, 2.75) is 19.4 Å². The van der Waals surface area contributed by atoms with Gasteiger partial charge >= 0.3 is 0 Å². The maximum absolute atomic E-state index is 12.3. The van der Waals surface area contributed by atoms with Crippen molar-refractivity contribution in [3.8, 4) is 11.5 Å². The molecule has 6 nitrogen and oxygen atoms in total. The molecule has 0 aromatic heterocycles. The first kappa shape index (κ1) is 16.8. The van der Waals surface area contributed by atoms with Crippen molar-refractivity contribution >= 4 is 17.5 Å². The summed E-state index contributed by atoms with van der Waals surface area (Å²) in [5, 5.41) is 5.49. The second-order valence-electron chi connectivity index (χ2n) is 5.67. The number of hydrogen-bond acceptors (Lipinski definition) is 4. The van der Waals surface area contributed by atoms with Crippen molar-refractivity contribution in [2.24, 2.45) is 0 Å². The number of amides is 2. The van der Waals surface area contributed by atoms with E-state index < -0.39 is 6.10 Å². The van der Waals surface area contributed by atoms with Crippen LogP contribution in [-0.2, 0) is 16.0 Å². The summed E-state index contributed by atoms with van der Waals surface area (Å²) < 4.78 is 11.0. The third kappa shape index (κ3) is 4.29. The van der Waals surface area contributed by atoms with Crippen molar-refractivity contribution in [3.63, 3.8) is 0 Å². The first-order valence-electron chi connectivity index (χ1n) is 8.20. The van der Waals surface area contributed by atoms with E-state index >= 15 is 0 Å². The van der Waals surface area contributed by atoms with Crippen molar-refractivity contribution in [1.82, 2.24) is 5.32 Å². The zero-order valence-electron chi connectivity index (χ0n) is 14.0. The molecule has 1 aliphatic rings. The number of fused-ring (bicyclic) bond motifs is 1. The van der Waals surface area contributed by atoms with Gasteiger partial charge in [-0.2, -0.15) is 0 Å². The third-order valence-electron chi connectivity index (χ3n) is 3.81. The van der Waals surface area contributed by atoms with Crippen molar-refractivity contribution < 1.29 is 19.1 Å². The molecule has 25 heavy (non-hydrogen) atoms. The van der Waals surface area contributed by atoms with E-state index in [4.69, 9.17) is 9.47 Å². The predicted octanol–water partition coefficient (Wildman–Crippen LogP) is 2.14. The van der Waals surface area contributed by atoms with Gasteiger partial charge in [0.25, 0.3) is 11.8 Å². The van der Waals surface area contributed by atoms with Gasteiger partial charge in [-0.1, -0.05) is 18.2 Å². The van der Waals surface area contributed by atoms with Gasteiger partial charge in [-0.05, 0) is 42.8 Å². The molecule has 1 unspecified atom stereocenters. The SMILES string of the molecule is CCNC(=O)COc1ccc(NC(=O)C2Cc3ccccc3O2)cc1. The fourth-order valence-electron chi connectivity index (χ4n) is 2.58. The number of likely N-dealkylation sites (N-methyl/N-ethyl adjacent to an activating group) is 1. The molecule has 2 amide bonds. The van der Waals surface area contributed by atoms with E-state index in [1.165, 1.54) is 0 Å². The second-order valence-corrected chi connectivity index (χ2v) is 5.67. The molecule has 1 heterocycles. The molecule has 0 radical (unpaired) electrons. The summed E-state index contributed by atoms with van der Waals surface area (Å²) >= 11 is 0. The highest BCUT2D eigenvalue weighted by Gasteiger charge is 2.28. The number of rotatable bonds is 6. The number of para-hydroxylation sites is 1. The van der Waals surface area contributed by atoms with Crippen molar-refractivity contribution in [1.29, 1.82) is 0 Å². The quantitative estimate of drug-likeness (QED) is 0.845. The van der Waals surface area contributed by atoms with Gasteiger partial charge in [0.1, 0.15) is 11.5 Å². The normalized spacial score (nSPS) is 15.0. The lowest BCUT2D eigenvalue weighted by Crippen LogP contribution is -2.31. The fourth-order valence-corrected chi connectivity index (χ4v) is 2.58. The van der Waals surface area contributed by atoms with Gasteiger partial charge < -0.3 is 20.1 Å². The van der Waals surface area contributed by atoms with E-state index in [2.05, 4.69) is 10.6 Å². The standard InChI is InChI=1S/C19H20N2O4/c1-2-20-18(22)12-24-15-9-7-14(8-10-15)21-19(23)17-11-13-5-3-4-6-16(13)25-17/h3-10,17H,2,11-12H2,1H3,(H,20,22)(H,21,23). The molecule has 6 heteroatoms. The maximum atomic E-state index is 12.3. The van der Waals surface area contributed by atoms with Crippen LogP contribution in [-0.4, -0.2) is 31.1 Å². The number of carbonyl (C=O) groups excluding carboxylic acids is 2. The Balaban J connectivity index is 1.52. The Labute approximate surface area is 146 Å². The minimum absolute atomic E-state index is 0.0340. The average Bonchev–Trinajstić information content (AvgIpc) is 3.06. The van der Waals surface area contributed by atoms with Crippen molar-refractivity contribution in [2.75, 3.05) is 18.5 Å². The van der Waals surface area contributed by atoms with Crippen LogP contribution in [0.3, 0.4) is 0 Å². The first-order chi connectivity index (χ1) is 12.2. The van der Waals surface area contributed by atoms with Crippen LogP contribution >= 0.6 is 0 Å². The van der Waals surface area contributed by atoms with Gasteiger partial charge in [-0.15, -0.1) is 0 Å². The highest BCUT2D eigenvalue weighted by atomic mass is 16.5. The molecule has 1 atom stereocenters. The van der Waals surface area contributed by atoms with Crippen LogP contribution in [0.5, 0.6) is 11.5 Å². The minimum Gasteiger partial charge on any atom is -0.484 e. The minimum atomic E-state index is -0.522. The van der Waals surface area contributed by atoms with E-state index in [1.54, 1.807) is 24.3 Å². The van der Waals surface area contributed by atoms with Crippen LogP contribution in [0.25, 0.3) is 0 Å². The summed E-state index contributed by atoms with van der Waals surface area (Å²) in [5.41, 5.74) is 1.69. The van der Waals surface area contributed by atoms with Crippen LogP contribution in [0.1, 0.15) is 12.5 Å². The molecule has 2 aromatic rings. The van der Waals surface area contributed by atoms with Crippen molar-refractivity contribution in [3.05, 3.63) is 54.1 Å². The Morgan fingerprint density at radius 2 is 1.92 bits per heavy atom. The Morgan fingerprint density at radius 3 is 2.64 bits per heavy atom. The van der Waals surface area contributed by atoms with Crippen LogP contribution in [0.4, 0.5) is 5.69 Å². The smallest absolute Gasteiger partial charge is 0.265 e. The van der Waals surface area contributed by atoms with E-state index in [1.807, 2.05) is 31.2 Å². The van der Waals surface area contributed by atoms with Crippen LogP contribution < -0.4 is 20.1 Å². The molecule has 0 spiro atoms. The van der Waals surface area contributed by atoms with Crippen LogP contribution in [0, 0.1) is 0 Å². The lowest BCUT2D eigenvalue weighted by molar-refractivity contribution is -0.123. The molecule has 0 bridgehead atoms. The molecule has 0 saturated carbocycles. The lowest BCUT2D eigenvalue weighted by atomic mass is 10.1. The molecule has 2 aromatic carbocycles. The van der Waals surface area contributed by atoms with Gasteiger partial charge in [0, 0.05) is 18.7 Å². The largest absolute Gasteiger partial charge is 0.484 e. The molecule has 0 saturated heterocycles. The highest BCUT2D eigenvalue weighted by molar-refractivity contribution is 5.95. The highest BCUT2D eigenvalue weighted by Crippen LogP contribution is 2.28. The molecule has 1 aliphatic heterocycles. The van der Waals surface area contributed by atoms with Gasteiger partial charge in [0.15, 0.2) is 12.7 Å². The molecule has 0 aliphatic carbocycles. The topological polar surface area (TPSA) is 76.7 Å². The van der Waals surface area contributed by atoms with Gasteiger partial charge in [-0.3, -0.25) is 9.59 Å². The summed E-state index contributed by atoms with van der Waals surface area (Å²) in [5.74, 6) is 0.968. The van der Waals surface area contributed by atoms with E-state index in [9.17, 15) is 9.59 Å². The second kappa shape index (κ2) is 7.70. The Kier molecular flexibility index (Phi) is 5.18. The zero-order valence-corrected chi connectivity index (χ0v) is 14.0. The third-order valence-corrected chi connectivity index (χ3v) is 3.81. The summed E-state index contributed by atoms with van der Waals surface area (Å²) in [4.78, 5) is 23.7. The summed E-state index contributed by atoms with van der Waals surface area (Å²) in [6.07, 6.45) is 0.0431. The molecular weight excluding hydrogens is 320 g/mol. The summed E-state index contributed by atoms with van der Waals surface area (Å²) in [6, 6.07) is 14.5. The Morgan fingerprint density at radius 1 is 1.16 bits per heavy atom. The molecule has 0 fully saturated rings. The van der Waals surface area contributed by atoms with Gasteiger partial charge in [0.2, 0.25) is 0 Å². The van der Waals surface area contributed by atoms with Crippen LogP contribution in [0.2, 0.25) is 0 Å². The van der Waals surface area contributed by atoms with Gasteiger partial charge in [0.05, 0.1) is 0 Å². The van der Waals surface area contributed by atoms with E-state index in [0.29, 0.717) is 24.4 Å². The Bertz CT molecular complexity index is 733. The predicted molar refractivity (Wildman–Crippen MR) is 93.8 cm³/mol. The number of nitrogens with one attached hydrogen (secondary N) is 2. The average molecular weight is 340 g/mol. The number of ether oxygens (including phenoxy) is 2. The first-order valence-corrected chi connectivity index (χ1v) is 8.20. The van der Waals surface area contributed by atoms with Gasteiger partial charge in [-0.25, -0.2) is 0 Å². The molecule has 130 valence electrons. The Hall–Kier alpha value is -3.02. The van der Waals surface area contributed by atoms with E-state index in [-0.39, 0.29) is 18.4 Å². The number of benzene rings is 2. The number of carbonyl (C=O) groups is 2. The monoisotopic (exact) mass is 340 g/mol. The zero-order chi connectivity index (χ0) is 17.6. The van der Waals surface area contributed by atoms with E-state index in [0.717, 1.165) is 11.3 Å². The number of hydrogen-bond donors (Lipinski definition) is 2. The van der Waals surface area contributed by atoms with Crippen LogP contribution in [0.15, 0.2) is 48.5 Å². The number of anilines is 1. The molecular formula is C19H20N2O4. The maximum Gasteiger partial charge on any atom is 0.265 e. The molecule has 3 rings (SSSR count).